The smallest absolute Gasteiger partial charge is 0.338 e. The lowest BCUT2D eigenvalue weighted by molar-refractivity contribution is -0.141. The number of nitrogens with zero attached hydrogens (tertiary/aromatic N) is 1. The number of hydrogen-bond donors (Lipinski definition) is 1. The van der Waals surface area contributed by atoms with Crippen molar-refractivity contribution in [3.8, 4) is 0 Å². The van der Waals surface area contributed by atoms with E-state index in [0.29, 0.717) is 6.42 Å². The van der Waals surface area contributed by atoms with E-state index in [-0.39, 0.29) is 24.5 Å². The highest BCUT2D eigenvalue weighted by Gasteiger charge is 2.51. The Morgan fingerprint density at radius 2 is 1.96 bits per heavy atom. The number of sulfonamides is 1. The van der Waals surface area contributed by atoms with Gasteiger partial charge in [0.25, 0.3) is 0 Å². The predicted molar refractivity (Wildman–Crippen MR) is 93.2 cm³/mol. The molecule has 27 heavy (non-hydrogen) atoms. The molecule has 9 heteroatoms. The summed E-state index contributed by atoms with van der Waals surface area (Å²) in [5.74, 6) is -2.96. The summed E-state index contributed by atoms with van der Waals surface area (Å²) in [4.78, 5) is 23.2. The van der Waals surface area contributed by atoms with Crippen LogP contribution in [0.25, 0.3) is 0 Å². The second-order valence-corrected chi connectivity index (χ2v) is 8.78. The summed E-state index contributed by atoms with van der Waals surface area (Å²) < 4.78 is 46.3. The lowest BCUT2D eigenvalue weighted by atomic mass is 9.85. The highest BCUT2D eigenvalue weighted by molar-refractivity contribution is 7.89. The Morgan fingerprint density at radius 3 is 2.63 bits per heavy atom. The molecule has 1 saturated carbocycles. The Balaban J connectivity index is 2.04. The minimum atomic E-state index is -4.29. The van der Waals surface area contributed by atoms with Gasteiger partial charge in [0.15, 0.2) is 0 Å². The van der Waals surface area contributed by atoms with Gasteiger partial charge in [-0.1, -0.05) is 12.8 Å². The fraction of sp³-hybridized carbons (Fsp3) is 0.556. The monoisotopic (exact) mass is 399 g/mol. The summed E-state index contributed by atoms with van der Waals surface area (Å²) in [6.07, 6.45) is 3.36. The molecule has 148 valence electrons. The number of halogens is 1. The van der Waals surface area contributed by atoms with Crippen LogP contribution in [0.2, 0.25) is 0 Å². The number of ether oxygens (including phenoxy) is 1. The summed E-state index contributed by atoms with van der Waals surface area (Å²) in [6, 6.07) is 1.16. The summed E-state index contributed by atoms with van der Waals surface area (Å²) in [6.45, 7) is 1.65. The van der Waals surface area contributed by atoms with Crippen molar-refractivity contribution in [1.29, 1.82) is 0 Å². The number of hydrogen-bond acceptors (Lipinski definition) is 5. The van der Waals surface area contributed by atoms with Crippen molar-refractivity contribution in [2.75, 3.05) is 6.61 Å². The molecule has 1 aliphatic heterocycles. The number of carboxylic acids is 1. The number of esters is 1. The normalized spacial score (nSPS) is 25.8. The molecule has 1 N–H and O–H groups in total. The fourth-order valence-corrected chi connectivity index (χ4v) is 6.07. The van der Waals surface area contributed by atoms with Crippen LogP contribution < -0.4 is 0 Å². The molecule has 1 aromatic rings. The third kappa shape index (κ3) is 3.70. The molecule has 0 amide bonds. The lowest BCUT2D eigenvalue weighted by Crippen LogP contribution is -2.46. The predicted octanol–water partition coefficient (Wildman–Crippen LogP) is 2.41. The van der Waals surface area contributed by atoms with Crippen molar-refractivity contribution in [1.82, 2.24) is 4.31 Å². The molecular formula is C18H22FNO6S. The van der Waals surface area contributed by atoms with E-state index in [9.17, 15) is 27.5 Å². The Labute approximate surface area is 157 Å². The van der Waals surface area contributed by atoms with Crippen molar-refractivity contribution < 1.29 is 32.2 Å². The van der Waals surface area contributed by atoms with Gasteiger partial charge in [-0.15, -0.1) is 0 Å². The molecule has 1 saturated heterocycles. The van der Waals surface area contributed by atoms with Crippen molar-refractivity contribution in [2.45, 2.75) is 56.0 Å². The van der Waals surface area contributed by atoms with Crippen molar-refractivity contribution >= 4 is 22.0 Å². The SMILES string of the molecule is CCOC(=O)c1cc(F)cc(S(=O)(=O)N2C(C(=O)O)CC3CCCCC32)c1. The van der Waals surface area contributed by atoms with E-state index >= 15 is 0 Å². The van der Waals surface area contributed by atoms with E-state index in [1.807, 2.05) is 0 Å². The van der Waals surface area contributed by atoms with Gasteiger partial charge in [-0.05, 0) is 50.3 Å². The topological polar surface area (TPSA) is 101 Å². The van der Waals surface area contributed by atoms with Crippen molar-refractivity contribution in [3.63, 3.8) is 0 Å². The number of fused-ring (bicyclic) bond motifs is 1. The van der Waals surface area contributed by atoms with Crippen LogP contribution in [0.5, 0.6) is 0 Å². The molecule has 1 aliphatic carbocycles. The van der Waals surface area contributed by atoms with Gasteiger partial charge in [0.1, 0.15) is 11.9 Å². The number of benzene rings is 1. The van der Waals surface area contributed by atoms with E-state index in [1.54, 1.807) is 6.92 Å². The van der Waals surface area contributed by atoms with Gasteiger partial charge in [0, 0.05) is 6.04 Å². The highest BCUT2D eigenvalue weighted by Crippen LogP contribution is 2.42. The van der Waals surface area contributed by atoms with Gasteiger partial charge in [-0.25, -0.2) is 17.6 Å². The molecule has 0 bridgehead atoms. The lowest BCUT2D eigenvalue weighted by Gasteiger charge is -2.32. The Bertz CT molecular complexity index is 855. The average molecular weight is 399 g/mol. The van der Waals surface area contributed by atoms with Crippen LogP contribution in [0.15, 0.2) is 23.1 Å². The van der Waals surface area contributed by atoms with Crippen LogP contribution in [-0.4, -0.2) is 48.5 Å². The molecule has 0 spiro atoms. The van der Waals surface area contributed by atoms with Gasteiger partial charge < -0.3 is 9.84 Å². The van der Waals surface area contributed by atoms with Crippen LogP contribution in [0.4, 0.5) is 4.39 Å². The van der Waals surface area contributed by atoms with Gasteiger partial charge in [-0.2, -0.15) is 4.31 Å². The molecule has 7 nitrogen and oxygen atoms in total. The first-order valence-electron chi connectivity index (χ1n) is 8.99. The molecule has 0 radical (unpaired) electrons. The van der Waals surface area contributed by atoms with E-state index in [0.717, 1.165) is 41.8 Å². The first kappa shape index (κ1) is 19.8. The van der Waals surface area contributed by atoms with E-state index < -0.39 is 44.8 Å². The van der Waals surface area contributed by atoms with Crippen LogP contribution in [-0.2, 0) is 19.6 Å². The van der Waals surface area contributed by atoms with Crippen LogP contribution in [0.1, 0.15) is 49.4 Å². The molecule has 1 aromatic carbocycles. The van der Waals surface area contributed by atoms with Crippen LogP contribution in [0.3, 0.4) is 0 Å². The van der Waals surface area contributed by atoms with Crippen molar-refractivity contribution in [3.05, 3.63) is 29.6 Å². The molecule has 0 aromatic heterocycles. The first-order chi connectivity index (χ1) is 12.8. The Kier molecular flexibility index (Phi) is 5.53. The Hall–Kier alpha value is -2.00. The molecule has 3 unspecified atom stereocenters. The maximum absolute atomic E-state index is 14.0. The van der Waals surface area contributed by atoms with Crippen LogP contribution in [0, 0.1) is 11.7 Å². The fourth-order valence-electron chi connectivity index (χ4n) is 4.14. The third-order valence-corrected chi connectivity index (χ3v) is 7.18. The zero-order valence-corrected chi connectivity index (χ0v) is 15.7. The standard InChI is InChI=1S/C18H22FNO6S/c1-2-26-18(23)12-7-13(19)10-14(8-12)27(24,25)20-15-6-4-3-5-11(15)9-16(20)17(21)22/h7-8,10-11,15-16H,2-6,9H2,1H3,(H,21,22). The third-order valence-electron chi connectivity index (χ3n) is 5.27. The summed E-state index contributed by atoms with van der Waals surface area (Å²) >= 11 is 0. The number of carbonyl (C=O) groups excluding carboxylic acids is 1. The molecule has 2 aliphatic rings. The summed E-state index contributed by atoms with van der Waals surface area (Å²) in [7, 11) is -4.29. The minimum Gasteiger partial charge on any atom is -0.480 e. The zero-order valence-electron chi connectivity index (χ0n) is 14.9. The minimum absolute atomic E-state index is 0.0206. The maximum Gasteiger partial charge on any atom is 0.338 e. The molecular weight excluding hydrogens is 377 g/mol. The number of aliphatic carboxylic acids is 1. The average Bonchev–Trinajstić information content (AvgIpc) is 3.02. The van der Waals surface area contributed by atoms with E-state index in [4.69, 9.17) is 4.74 Å². The number of carbonyl (C=O) groups is 2. The quantitative estimate of drug-likeness (QED) is 0.763. The molecule has 1 heterocycles. The number of carboxylic acid groups (broad SMARTS) is 1. The van der Waals surface area contributed by atoms with Crippen LogP contribution >= 0.6 is 0 Å². The summed E-state index contributed by atoms with van der Waals surface area (Å²) in [5, 5.41) is 9.55. The first-order valence-corrected chi connectivity index (χ1v) is 10.4. The molecule has 3 rings (SSSR count). The zero-order chi connectivity index (χ0) is 19.8. The second kappa shape index (κ2) is 7.55. The maximum atomic E-state index is 14.0. The largest absolute Gasteiger partial charge is 0.480 e. The second-order valence-electron chi connectivity index (χ2n) is 6.93. The molecule has 3 atom stereocenters. The van der Waals surface area contributed by atoms with E-state index in [1.165, 1.54) is 0 Å². The van der Waals surface area contributed by atoms with E-state index in [2.05, 4.69) is 0 Å². The highest BCUT2D eigenvalue weighted by atomic mass is 32.2. The van der Waals surface area contributed by atoms with Gasteiger partial charge >= 0.3 is 11.9 Å². The van der Waals surface area contributed by atoms with Gasteiger partial charge in [-0.3, -0.25) is 4.79 Å². The van der Waals surface area contributed by atoms with Gasteiger partial charge in [0.2, 0.25) is 10.0 Å². The number of rotatable bonds is 5. The summed E-state index contributed by atoms with van der Waals surface area (Å²) in [5.41, 5.74) is -0.221. The molecule has 2 fully saturated rings. The van der Waals surface area contributed by atoms with Gasteiger partial charge in [0.05, 0.1) is 17.1 Å². The Morgan fingerprint density at radius 1 is 1.26 bits per heavy atom. The van der Waals surface area contributed by atoms with Crippen molar-refractivity contribution in [2.24, 2.45) is 5.92 Å².